The van der Waals surface area contributed by atoms with Crippen LogP contribution in [-0.2, 0) is 16.1 Å². The van der Waals surface area contributed by atoms with Crippen LogP contribution in [0.5, 0.6) is 0 Å². The largest absolute Gasteiger partial charge is 0.324 e. The van der Waals surface area contributed by atoms with Crippen molar-refractivity contribution in [3.63, 3.8) is 0 Å². The molecule has 2 rings (SSSR count). The van der Waals surface area contributed by atoms with Gasteiger partial charge in [0.2, 0.25) is 11.8 Å². The van der Waals surface area contributed by atoms with E-state index in [1.54, 1.807) is 6.07 Å². The molecule has 1 aromatic carbocycles. The molecule has 5 nitrogen and oxygen atoms in total. The molecule has 0 unspecified atom stereocenters. The van der Waals surface area contributed by atoms with E-state index in [0.717, 1.165) is 12.1 Å². The van der Waals surface area contributed by atoms with Gasteiger partial charge in [-0.05, 0) is 24.7 Å². The predicted molar refractivity (Wildman–Crippen MR) is 61.1 cm³/mol. The third-order valence-electron chi connectivity index (χ3n) is 2.33. The molecule has 1 aliphatic heterocycles. The summed E-state index contributed by atoms with van der Waals surface area (Å²) in [4.78, 5) is 22.6. The Kier molecular flexibility index (Phi) is 2.87. The lowest BCUT2D eigenvalue weighted by Crippen LogP contribution is -2.16. The van der Waals surface area contributed by atoms with Crippen molar-refractivity contribution in [1.82, 2.24) is 5.32 Å². The van der Waals surface area contributed by atoms with Crippen LogP contribution in [0.15, 0.2) is 18.2 Å². The van der Waals surface area contributed by atoms with Crippen molar-refractivity contribution in [2.45, 2.75) is 13.0 Å². The van der Waals surface area contributed by atoms with E-state index >= 15 is 0 Å². The number of benzene rings is 1. The van der Waals surface area contributed by atoms with E-state index in [-0.39, 0.29) is 18.2 Å². The van der Waals surface area contributed by atoms with Crippen molar-refractivity contribution in [2.24, 2.45) is 0 Å². The molecule has 1 heterocycles. The first-order valence-corrected chi connectivity index (χ1v) is 5.06. The highest BCUT2D eigenvalue weighted by Crippen LogP contribution is 2.25. The summed E-state index contributed by atoms with van der Waals surface area (Å²) in [5, 5.41) is 8.41. The number of anilines is 2. The highest BCUT2D eigenvalue weighted by molar-refractivity contribution is 6.13. The highest BCUT2D eigenvalue weighted by atomic mass is 16.2. The fraction of sp³-hybridized carbons (Fsp3) is 0.273. The third kappa shape index (κ3) is 2.20. The Balaban J connectivity index is 2.34. The van der Waals surface area contributed by atoms with E-state index < -0.39 is 0 Å². The molecule has 2 amide bonds. The first-order valence-electron chi connectivity index (χ1n) is 5.06. The van der Waals surface area contributed by atoms with Gasteiger partial charge in [-0.1, -0.05) is 6.07 Å². The lowest BCUT2D eigenvalue weighted by atomic mass is 10.1. The van der Waals surface area contributed by atoms with Gasteiger partial charge in [-0.15, -0.1) is 0 Å². The van der Waals surface area contributed by atoms with Crippen molar-refractivity contribution in [3.05, 3.63) is 23.8 Å². The van der Waals surface area contributed by atoms with Crippen molar-refractivity contribution in [3.8, 4) is 0 Å². The summed E-state index contributed by atoms with van der Waals surface area (Å²) in [5.41, 5.74) is 2.36. The van der Waals surface area contributed by atoms with Gasteiger partial charge in [0, 0.05) is 6.54 Å². The lowest BCUT2D eigenvalue weighted by molar-refractivity contribution is -0.123. The Morgan fingerprint density at radius 1 is 1.19 bits per heavy atom. The zero-order chi connectivity index (χ0) is 11.5. The molecule has 1 aliphatic rings. The maximum absolute atomic E-state index is 11.3. The molecule has 0 aromatic heterocycles. The van der Waals surface area contributed by atoms with Crippen molar-refractivity contribution < 1.29 is 9.59 Å². The van der Waals surface area contributed by atoms with Gasteiger partial charge in [0.05, 0.1) is 11.4 Å². The van der Waals surface area contributed by atoms with E-state index in [4.69, 9.17) is 0 Å². The summed E-state index contributed by atoms with van der Waals surface area (Å²) >= 11 is 0. The van der Waals surface area contributed by atoms with Crippen molar-refractivity contribution >= 4 is 23.2 Å². The molecule has 0 bridgehead atoms. The Labute approximate surface area is 93.2 Å². The summed E-state index contributed by atoms with van der Waals surface area (Å²) in [6.07, 6.45) is -0.129. The van der Waals surface area contributed by atoms with Gasteiger partial charge in [0.25, 0.3) is 0 Å². The second kappa shape index (κ2) is 4.32. The van der Waals surface area contributed by atoms with Crippen LogP contribution >= 0.6 is 0 Å². The van der Waals surface area contributed by atoms with Crippen molar-refractivity contribution in [1.29, 1.82) is 0 Å². The number of fused-ring (bicyclic) bond motifs is 1. The standard InChI is InChI=1S/C11H13N3O2/c1-12-6-7-2-3-8-9(4-7)14-11(16)5-10(15)13-8/h2-4,12H,5-6H2,1H3,(H,13,15)(H,14,16). The van der Waals surface area contributed by atoms with Gasteiger partial charge in [-0.2, -0.15) is 0 Å². The van der Waals surface area contributed by atoms with Crippen LogP contribution in [0.25, 0.3) is 0 Å². The number of carbonyl (C=O) groups excluding carboxylic acids is 2. The van der Waals surface area contributed by atoms with Crippen molar-refractivity contribution in [2.75, 3.05) is 17.7 Å². The molecule has 0 spiro atoms. The van der Waals surface area contributed by atoms with Crippen LogP contribution in [0.4, 0.5) is 11.4 Å². The first kappa shape index (κ1) is 10.6. The predicted octanol–water partition coefficient (Wildman–Crippen LogP) is 0.687. The SMILES string of the molecule is CNCc1ccc2c(c1)NC(=O)CC(=O)N2. The maximum Gasteiger partial charge on any atom is 0.233 e. The van der Waals surface area contributed by atoms with Crippen LogP contribution in [0.2, 0.25) is 0 Å². The lowest BCUT2D eigenvalue weighted by Gasteiger charge is -2.09. The Hall–Kier alpha value is -1.88. The number of carbonyl (C=O) groups is 2. The number of hydrogen-bond donors (Lipinski definition) is 3. The number of amides is 2. The van der Waals surface area contributed by atoms with E-state index in [2.05, 4.69) is 16.0 Å². The second-order valence-corrected chi connectivity index (χ2v) is 3.68. The Morgan fingerprint density at radius 3 is 2.56 bits per heavy atom. The summed E-state index contributed by atoms with van der Waals surface area (Å²) in [6.45, 7) is 0.719. The first-order chi connectivity index (χ1) is 7.69. The van der Waals surface area contributed by atoms with E-state index in [9.17, 15) is 9.59 Å². The molecule has 3 N–H and O–H groups in total. The van der Waals surface area contributed by atoms with Gasteiger partial charge in [0.15, 0.2) is 0 Å². The highest BCUT2D eigenvalue weighted by Gasteiger charge is 2.17. The smallest absolute Gasteiger partial charge is 0.233 e. The number of nitrogens with one attached hydrogen (secondary N) is 3. The average Bonchev–Trinajstić information content (AvgIpc) is 2.35. The summed E-state index contributed by atoms with van der Waals surface area (Å²) < 4.78 is 0. The van der Waals surface area contributed by atoms with Crippen LogP contribution < -0.4 is 16.0 Å². The fourth-order valence-electron chi connectivity index (χ4n) is 1.65. The molecule has 0 aliphatic carbocycles. The molecule has 84 valence electrons. The molecule has 16 heavy (non-hydrogen) atoms. The van der Waals surface area contributed by atoms with Gasteiger partial charge < -0.3 is 16.0 Å². The van der Waals surface area contributed by atoms with Crippen LogP contribution in [0.3, 0.4) is 0 Å². The number of rotatable bonds is 2. The molecule has 0 saturated heterocycles. The molecular formula is C11H13N3O2. The van der Waals surface area contributed by atoms with Crippen LogP contribution in [-0.4, -0.2) is 18.9 Å². The minimum atomic E-state index is -0.280. The third-order valence-corrected chi connectivity index (χ3v) is 2.33. The van der Waals surface area contributed by atoms with Crippen LogP contribution in [0, 0.1) is 0 Å². The van der Waals surface area contributed by atoms with Gasteiger partial charge in [-0.3, -0.25) is 9.59 Å². The van der Waals surface area contributed by atoms with Gasteiger partial charge in [-0.25, -0.2) is 0 Å². The Morgan fingerprint density at radius 2 is 1.88 bits per heavy atom. The molecule has 1 aromatic rings. The van der Waals surface area contributed by atoms with E-state index in [0.29, 0.717) is 11.4 Å². The molecule has 0 fully saturated rings. The zero-order valence-corrected chi connectivity index (χ0v) is 8.96. The van der Waals surface area contributed by atoms with Gasteiger partial charge >= 0.3 is 0 Å². The fourth-order valence-corrected chi connectivity index (χ4v) is 1.65. The topological polar surface area (TPSA) is 70.2 Å². The monoisotopic (exact) mass is 219 g/mol. The molecule has 0 atom stereocenters. The summed E-state index contributed by atoms with van der Waals surface area (Å²) in [7, 11) is 1.85. The number of hydrogen-bond acceptors (Lipinski definition) is 3. The maximum atomic E-state index is 11.3. The van der Waals surface area contributed by atoms with E-state index in [1.165, 1.54) is 0 Å². The van der Waals surface area contributed by atoms with E-state index in [1.807, 2.05) is 19.2 Å². The minimum Gasteiger partial charge on any atom is -0.324 e. The molecule has 0 radical (unpaired) electrons. The molecular weight excluding hydrogens is 206 g/mol. The Bertz CT molecular complexity index is 443. The average molecular weight is 219 g/mol. The quantitative estimate of drug-likeness (QED) is 0.641. The summed E-state index contributed by atoms with van der Waals surface area (Å²) in [5.74, 6) is -0.560. The summed E-state index contributed by atoms with van der Waals surface area (Å²) in [6, 6.07) is 5.56. The van der Waals surface area contributed by atoms with Gasteiger partial charge in [0.1, 0.15) is 6.42 Å². The zero-order valence-electron chi connectivity index (χ0n) is 8.96. The minimum absolute atomic E-state index is 0.129. The normalized spacial score (nSPS) is 14.8. The second-order valence-electron chi connectivity index (χ2n) is 3.68. The molecule has 0 saturated carbocycles. The molecule has 5 heteroatoms. The van der Waals surface area contributed by atoms with Crippen LogP contribution in [0.1, 0.15) is 12.0 Å².